The minimum atomic E-state index is 0.447. The zero-order valence-electron chi connectivity index (χ0n) is 8.00. The van der Waals surface area contributed by atoms with Gasteiger partial charge in [0.1, 0.15) is 10.8 Å². The third kappa shape index (κ3) is 2.92. The normalized spacial score (nSPS) is 10.1. The van der Waals surface area contributed by atoms with Gasteiger partial charge in [0.25, 0.3) is 0 Å². The molecule has 0 radical (unpaired) electrons. The van der Waals surface area contributed by atoms with Gasteiger partial charge in [-0.3, -0.25) is 4.98 Å². The minimum Gasteiger partial charge on any atom is -0.382 e. The highest BCUT2D eigenvalue weighted by Gasteiger charge is 1.97. The summed E-state index contributed by atoms with van der Waals surface area (Å²) in [6.07, 6.45) is 3.56. The lowest BCUT2D eigenvalue weighted by molar-refractivity contribution is 0.938. The van der Waals surface area contributed by atoms with E-state index in [9.17, 15) is 0 Å². The van der Waals surface area contributed by atoms with E-state index in [0.717, 1.165) is 10.8 Å². The molecule has 0 aliphatic heterocycles. The van der Waals surface area contributed by atoms with E-state index >= 15 is 0 Å². The molecule has 2 aromatic heterocycles. The topological polar surface area (TPSA) is 64.7 Å². The first kappa shape index (κ1) is 9.92. The molecule has 0 unspecified atom stereocenters. The lowest BCUT2D eigenvalue weighted by Crippen LogP contribution is -1.93. The fourth-order valence-electron chi connectivity index (χ4n) is 1.04. The number of hydrogen-bond donors (Lipinski definition) is 1. The van der Waals surface area contributed by atoms with Crippen molar-refractivity contribution in [3.63, 3.8) is 0 Å². The van der Waals surface area contributed by atoms with Gasteiger partial charge < -0.3 is 5.73 Å². The number of aromatic nitrogens is 3. The van der Waals surface area contributed by atoms with Crippen molar-refractivity contribution >= 4 is 17.6 Å². The fourth-order valence-corrected chi connectivity index (χ4v) is 1.81. The molecule has 2 heterocycles. The Kier molecular flexibility index (Phi) is 3.14. The third-order valence-electron chi connectivity index (χ3n) is 1.80. The summed E-state index contributed by atoms with van der Waals surface area (Å²) in [5, 5.41) is 8.63. The molecule has 2 aromatic rings. The Morgan fingerprint density at radius 2 is 1.87 bits per heavy atom. The molecule has 0 bridgehead atoms. The Hall–Kier alpha value is -1.62. The standard InChI is InChI=1S/C10H10N4S/c11-9-1-2-10(14-13-9)15-7-8-3-5-12-6-4-8/h1-6H,7H2,(H2,11,13). The predicted molar refractivity (Wildman–Crippen MR) is 60.2 cm³/mol. The molecule has 0 aliphatic carbocycles. The van der Waals surface area contributed by atoms with E-state index in [1.165, 1.54) is 5.56 Å². The molecule has 15 heavy (non-hydrogen) atoms. The van der Waals surface area contributed by atoms with E-state index in [1.807, 2.05) is 18.2 Å². The molecule has 0 aromatic carbocycles. The summed E-state index contributed by atoms with van der Waals surface area (Å²) < 4.78 is 0. The molecule has 2 N–H and O–H groups in total. The summed E-state index contributed by atoms with van der Waals surface area (Å²) in [5.41, 5.74) is 6.66. The van der Waals surface area contributed by atoms with Crippen LogP contribution < -0.4 is 5.73 Å². The van der Waals surface area contributed by atoms with Gasteiger partial charge in [-0.05, 0) is 29.8 Å². The van der Waals surface area contributed by atoms with Crippen LogP contribution in [0.4, 0.5) is 5.82 Å². The number of pyridine rings is 1. The van der Waals surface area contributed by atoms with Crippen LogP contribution in [0.3, 0.4) is 0 Å². The molecule has 0 atom stereocenters. The van der Waals surface area contributed by atoms with Crippen molar-refractivity contribution < 1.29 is 0 Å². The summed E-state index contributed by atoms with van der Waals surface area (Å²) in [4.78, 5) is 3.96. The van der Waals surface area contributed by atoms with Gasteiger partial charge in [0.05, 0.1) is 0 Å². The maximum absolute atomic E-state index is 5.44. The fraction of sp³-hybridized carbons (Fsp3) is 0.100. The van der Waals surface area contributed by atoms with Gasteiger partial charge >= 0.3 is 0 Å². The molecular formula is C10H10N4S. The van der Waals surface area contributed by atoms with Crippen LogP contribution in [0.25, 0.3) is 0 Å². The second-order valence-corrected chi connectivity index (χ2v) is 3.94. The second kappa shape index (κ2) is 4.75. The first-order chi connectivity index (χ1) is 7.34. The Bertz CT molecular complexity index is 415. The summed E-state index contributed by atoms with van der Waals surface area (Å²) in [5.74, 6) is 1.31. The van der Waals surface area contributed by atoms with Gasteiger partial charge in [-0.15, -0.1) is 10.2 Å². The number of hydrogen-bond acceptors (Lipinski definition) is 5. The molecule has 0 saturated carbocycles. The van der Waals surface area contributed by atoms with Crippen molar-refractivity contribution in [1.82, 2.24) is 15.2 Å². The number of rotatable bonds is 3. The number of nitrogen functional groups attached to an aromatic ring is 1. The van der Waals surface area contributed by atoms with E-state index < -0.39 is 0 Å². The van der Waals surface area contributed by atoms with E-state index in [4.69, 9.17) is 5.73 Å². The first-order valence-electron chi connectivity index (χ1n) is 4.45. The van der Waals surface area contributed by atoms with Gasteiger partial charge in [-0.2, -0.15) is 0 Å². The SMILES string of the molecule is Nc1ccc(SCc2ccncc2)nn1. The Morgan fingerprint density at radius 3 is 2.53 bits per heavy atom. The van der Waals surface area contributed by atoms with Gasteiger partial charge in [0, 0.05) is 18.1 Å². The Labute approximate surface area is 91.9 Å². The van der Waals surface area contributed by atoms with Crippen LogP contribution in [0.15, 0.2) is 41.7 Å². The maximum Gasteiger partial charge on any atom is 0.146 e. The van der Waals surface area contributed by atoms with Gasteiger partial charge in [0.15, 0.2) is 0 Å². The quantitative estimate of drug-likeness (QED) is 0.795. The highest BCUT2D eigenvalue weighted by molar-refractivity contribution is 7.98. The third-order valence-corrected chi connectivity index (χ3v) is 2.79. The molecule has 4 nitrogen and oxygen atoms in total. The zero-order chi connectivity index (χ0) is 10.5. The molecule has 76 valence electrons. The van der Waals surface area contributed by atoms with Crippen LogP contribution in [-0.2, 0) is 5.75 Å². The molecule has 0 spiro atoms. The van der Waals surface area contributed by atoms with Crippen molar-refractivity contribution in [2.24, 2.45) is 0 Å². The average molecular weight is 218 g/mol. The Morgan fingerprint density at radius 1 is 1.07 bits per heavy atom. The van der Waals surface area contributed by atoms with Crippen molar-refractivity contribution in [1.29, 1.82) is 0 Å². The molecule has 0 saturated heterocycles. The van der Waals surface area contributed by atoms with Gasteiger partial charge in [-0.25, -0.2) is 0 Å². The van der Waals surface area contributed by atoms with E-state index in [2.05, 4.69) is 15.2 Å². The Balaban J connectivity index is 1.96. The molecule has 0 aliphatic rings. The highest BCUT2D eigenvalue weighted by atomic mass is 32.2. The molecule has 0 amide bonds. The van der Waals surface area contributed by atoms with E-state index in [1.54, 1.807) is 30.2 Å². The van der Waals surface area contributed by atoms with Crippen LogP contribution in [0.2, 0.25) is 0 Å². The number of nitrogens with two attached hydrogens (primary N) is 1. The number of thioether (sulfide) groups is 1. The largest absolute Gasteiger partial charge is 0.382 e. The van der Waals surface area contributed by atoms with Crippen molar-refractivity contribution in [3.05, 3.63) is 42.2 Å². The minimum absolute atomic E-state index is 0.447. The monoisotopic (exact) mass is 218 g/mol. The number of anilines is 1. The maximum atomic E-state index is 5.44. The molecular weight excluding hydrogens is 208 g/mol. The van der Waals surface area contributed by atoms with E-state index in [-0.39, 0.29) is 0 Å². The van der Waals surface area contributed by atoms with Crippen LogP contribution in [0.5, 0.6) is 0 Å². The van der Waals surface area contributed by atoms with Crippen LogP contribution in [0.1, 0.15) is 5.56 Å². The van der Waals surface area contributed by atoms with Gasteiger partial charge in [-0.1, -0.05) is 11.8 Å². The summed E-state index contributed by atoms with van der Waals surface area (Å²) >= 11 is 1.63. The highest BCUT2D eigenvalue weighted by Crippen LogP contribution is 2.19. The van der Waals surface area contributed by atoms with Crippen LogP contribution in [-0.4, -0.2) is 15.2 Å². The van der Waals surface area contributed by atoms with Crippen LogP contribution in [0, 0.1) is 0 Å². The second-order valence-electron chi connectivity index (χ2n) is 2.94. The summed E-state index contributed by atoms with van der Waals surface area (Å²) in [6.45, 7) is 0. The molecule has 0 fully saturated rings. The average Bonchev–Trinajstić information content (AvgIpc) is 2.30. The predicted octanol–water partition coefficient (Wildman–Crippen LogP) is 1.75. The summed E-state index contributed by atoms with van der Waals surface area (Å²) in [6, 6.07) is 7.59. The van der Waals surface area contributed by atoms with Gasteiger partial charge in [0.2, 0.25) is 0 Å². The first-order valence-corrected chi connectivity index (χ1v) is 5.44. The van der Waals surface area contributed by atoms with Crippen molar-refractivity contribution in [2.75, 3.05) is 5.73 Å². The lowest BCUT2D eigenvalue weighted by atomic mass is 10.3. The zero-order valence-corrected chi connectivity index (χ0v) is 8.81. The van der Waals surface area contributed by atoms with Crippen molar-refractivity contribution in [2.45, 2.75) is 10.8 Å². The lowest BCUT2D eigenvalue weighted by Gasteiger charge is -1.99. The van der Waals surface area contributed by atoms with E-state index in [0.29, 0.717) is 5.82 Å². The number of nitrogens with zero attached hydrogens (tertiary/aromatic N) is 3. The smallest absolute Gasteiger partial charge is 0.146 e. The molecule has 2 rings (SSSR count). The molecule has 5 heteroatoms. The van der Waals surface area contributed by atoms with Crippen molar-refractivity contribution in [3.8, 4) is 0 Å². The van der Waals surface area contributed by atoms with Crippen LogP contribution >= 0.6 is 11.8 Å². The summed E-state index contributed by atoms with van der Waals surface area (Å²) in [7, 11) is 0.